The zero-order valence-electron chi connectivity index (χ0n) is 34.2. The van der Waals surface area contributed by atoms with Gasteiger partial charge in [-0.1, -0.05) is 196 Å². The van der Waals surface area contributed by atoms with Crippen molar-refractivity contribution in [3.8, 4) is 22.3 Å². The Bertz CT molecular complexity index is 2490. The highest BCUT2D eigenvalue weighted by molar-refractivity contribution is 5.97. The number of hydrogen-bond donors (Lipinski definition) is 2. The van der Waals surface area contributed by atoms with E-state index < -0.39 is 0 Å². The molecular formula is C55H55N3. The number of rotatable bonds is 8. The number of amidine groups is 1. The van der Waals surface area contributed by atoms with Gasteiger partial charge in [-0.3, -0.25) is 5.32 Å². The third kappa shape index (κ3) is 6.27. The van der Waals surface area contributed by atoms with Crippen LogP contribution in [0.1, 0.15) is 122 Å². The average Bonchev–Trinajstić information content (AvgIpc) is 3.66. The summed E-state index contributed by atoms with van der Waals surface area (Å²) in [6.45, 7) is 7.12. The highest BCUT2D eigenvalue weighted by Crippen LogP contribution is 2.66. The van der Waals surface area contributed by atoms with Crippen LogP contribution in [-0.2, 0) is 10.8 Å². The van der Waals surface area contributed by atoms with E-state index in [1.54, 1.807) is 22.3 Å². The molecule has 0 saturated heterocycles. The van der Waals surface area contributed by atoms with Crippen LogP contribution in [0.3, 0.4) is 0 Å². The van der Waals surface area contributed by atoms with Crippen molar-refractivity contribution in [2.24, 2.45) is 16.6 Å². The summed E-state index contributed by atoms with van der Waals surface area (Å²) < 4.78 is 0. The van der Waals surface area contributed by atoms with Gasteiger partial charge in [-0.2, -0.15) is 0 Å². The van der Waals surface area contributed by atoms with Crippen molar-refractivity contribution in [3.63, 3.8) is 0 Å². The first-order chi connectivity index (χ1) is 28.3. The van der Waals surface area contributed by atoms with Gasteiger partial charge in [-0.25, -0.2) is 4.99 Å². The van der Waals surface area contributed by atoms with Crippen LogP contribution >= 0.6 is 0 Å². The predicted molar refractivity (Wildman–Crippen MR) is 241 cm³/mol. The molecule has 0 aromatic heterocycles. The fourth-order valence-corrected chi connectivity index (χ4v) is 11.6. The van der Waals surface area contributed by atoms with E-state index in [1.807, 2.05) is 36.4 Å². The highest BCUT2D eigenvalue weighted by Gasteiger charge is 2.56. The maximum Gasteiger partial charge on any atom is 0.128 e. The normalized spacial score (nSPS) is 22.3. The SMILES string of the molecule is CC(NC(/N=C(\N)c1ccccc1)c1ccc(-c2ccc(-c3ccc4c(c3)C3CC5C(C=C3C4(C)C)c3ccccc3C53CCCCC3)cc2)cc1)c1ccccc1. The Balaban J connectivity index is 0.914. The molecule has 58 heavy (non-hydrogen) atoms. The summed E-state index contributed by atoms with van der Waals surface area (Å²) in [6.07, 6.45) is 10.6. The quantitative estimate of drug-likeness (QED) is 0.0923. The summed E-state index contributed by atoms with van der Waals surface area (Å²) in [6, 6.07) is 55.4. The number of aliphatic imine (C=N–C) groups is 1. The van der Waals surface area contributed by atoms with Gasteiger partial charge in [0.1, 0.15) is 12.0 Å². The summed E-state index contributed by atoms with van der Waals surface area (Å²) in [4.78, 5) is 5.02. The van der Waals surface area contributed by atoms with Crippen molar-refractivity contribution in [3.05, 3.63) is 202 Å². The van der Waals surface area contributed by atoms with Crippen LogP contribution in [0.4, 0.5) is 0 Å². The monoisotopic (exact) mass is 757 g/mol. The second kappa shape index (κ2) is 14.7. The Labute approximate surface area is 345 Å². The lowest BCUT2D eigenvalue weighted by Gasteiger charge is -2.45. The smallest absolute Gasteiger partial charge is 0.128 e. The number of nitrogens with one attached hydrogen (secondary N) is 1. The number of allylic oxidation sites excluding steroid dienone is 2. The van der Waals surface area contributed by atoms with Crippen LogP contribution in [-0.4, -0.2) is 5.84 Å². The molecule has 4 aliphatic carbocycles. The molecule has 3 nitrogen and oxygen atoms in total. The van der Waals surface area contributed by atoms with Crippen molar-refractivity contribution in [2.45, 2.75) is 94.2 Å². The van der Waals surface area contributed by atoms with E-state index in [9.17, 15) is 0 Å². The van der Waals surface area contributed by atoms with Crippen LogP contribution in [0.25, 0.3) is 22.3 Å². The largest absolute Gasteiger partial charge is 0.383 e. The molecule has 3 heteroatoms. The molecule has 1 saturated carbocycles. The zero-order chi connectivity index (χ0) is 39.4. The van der Waals surface area contributed by atoms with Crippen LogP contribution in [0, 0.1) is 5.92 Å². The summed E-state index contributed by atoms with van der Waals surface area (Å²) >= 11 is 0. The molecule has 3 N–H and O–H groups in total. The summed E-state index contributed by atoms with van der Waals surface area (Å²) in [5.41, 5.74) is 23.2. The first-order valence-electron chi connectivity index (χ1n) is 21.7. The van der Waals surface area contributed by atoms with Crippen molar-refractivity contribution < 1.29 is 0 Å². The van der Waals surface area contributed by atoms with E-state index in [0.717, 1.165) is 11.1 Å². The molecule has 0 aliphatic heterocycles. The summed E-state index contributed by atoms with van der Waals surface area (Å²) in [7, 11) is 0. The van der Waals surface area contributed by atoms with E-state index in [-0.39, 0.29) is 17.6 Å². The molecule has 5 atom stereocenters. The Morgan fingerprint density at radius 1 is 0.638 bits per heavy atom. The van der Waals surface area contributed by atoms with Gasteiger partial charge >= 0.3 is 0 Å². The molecule has 1 fully saturated rings. The van der Waals surface area contributed by atoms with Gasteiger partial charge in [0.25, 0.3) is 0 Å². The Morgan fingerprint density at radius 3 is 1.95 bits per heavy atom. The Morgan fingerprint density at radius 2 is 1.24 bits per heavy atom. The second-order valence-electron chi connectivity index (χ2n) is 18.1. The van der Waals surface area contributed by atoms with Gasteiger partial charge < -0.3 is 5.73 Å². The predicted octanol–water partition coefficient (Wildman–Crippen LogP) is 13.1. The van der Waals surface area contributed by atoms with E-state index in [4.69, 9.17) is 10.7 Å². The first kappa shape index (κ1) is 36.8. The van der Waals surface area contributed by atoms with Crippen molar-refractivity contribution >= 4 is 5.84 Å². The second-order valence-corrected chi connectivity index (χ2v) is 18.1. The lowest BCUT2D eigenvalue weighted by Crippen LogP contribution is -2.37. The molecule has 1 spiro atoms. The third-order valence-electron chi connectivity index (χ3n) is 14.6. The van der Waals surface area contributed by atoms with Gasteiger partial charge in [0, 0.05) is 28.9 Å². The molecule has 0 heterocycles. The van der Waals surface area contributed by atoms with Crippen LogP contribution in [0.5, 0.6) is 0 Å². The van der Waals surface area contributed by atoms with Gasteiger partial charge in [0.15, 0.2) is 0 Å². The van der Waals surface area contributed by atoms with Crippen LogP contribution in [0.15, 0.2) is 168 Å². The third-order valence-corrected chi connectivity index (χ3v) is 14.6. The van der Waals surface area contributed by atoms with Gasteiger partial charge in [-0.05, 0) is 93.2 Å². The number of fused-ring (bicyclic) bond motifs is 8. The fourth-order valence-electron chi connectivity index (χ4n) is 11.6. The molecule has 10 rings (SSSR count). The molecule has 4 aliphatic rings. The number of nitrogens with two attached hydrogens (primary N) is 1. The van der Waals surface area contributed by atoms with Gasteiger partial charge in [-0.15, -0.1) is 0 Å². The summed E-state index contributed by atoms with van der Waals surface area (Å²) in [5.74, 6) is 2.26. The van der Waals surface area contributed by atoms with Crippen LogP contribution in [0.2, 0.25) is 0 Å². The molecular weight excluding hydrogens is 703 g/mol. The molecule has 0 bridgehead atoms. The molecule has 5 unspecified atom stereocenters. The van der Waals surface area contributed by atoms with Gasteiger partial charge in [0.2, 0.25) is 0 Å². The Kier molecular flexibility index (Phi) is 9.33. The fraction of sp³-hybridized carbons (Fsp3) is 0.291. The van der Waals surface area contributed by atoms with E-state index in [0.29, 0.717) is 29.0 Å². The highest BCUT2D eigenvalue weighted by atomic mass is 15.1. The van der Waals surface area contributed by atoms with E-state index in [1.165, 1.54) is 71.9 Å². The van der Waals surface area contributed by atoms with Crippen LogP contribution < -0.4 is 11.1 Å². The van der Waals surface area contributed by atoms with E-state index in [2.05, 4.69) is 147 Å². The molecule has 6 aromatic rings. The Hall–Kier alpha value is -5.51. The lowest BCUT2D eigenvalue weighted by atomic mass is 9.59. The van der Waals surface area contributed by atoms with E-state index >= 15 is 0 Å². The van der Waals surface area contributed by atoms with Crippen molar-refractivity contribution in [1.29, 1.82) is 0 Å². The van der Waals surface area contributed by atoms with Gasteiger partial charge in [0.05, 0.1) is 0 Å². The minimum absolute atomic E-state index is 0.0451. The lowest BCUT2D eigenvalue weighted by molar-refractivity contribution is 0.177. The molecule has 6 aromatic carbocycles. The molecule has 0 radical (unpaired) electrons. The molecule has 0 amide bonds. The number of nitrogens with zero attached hydrogens (tertiary/aromatic N) is 1. The maximum absolute atomic E-state index is 6.58. The summed E-state index contributed by atoms with van der Waals surface area (Å²) in [5, 5.41) is 3.73. The van der Waals surface area contributed by atoms with Crippen molar-refractivity contribution in [2.75, 3.05) is 0 Å². The number of benzene rings is 6. The zero-order valence-corrected chi connectivity index (χ0v) is 34.2. The topological polar surface area (TPSA) is 50.4 Å². The van der Waals surface area contributed by atoms with Crippen molar-refractivity contribution in [1.82, 2.24) is 5.32 Å². The average molecular weight is 758 g/mol. The minimum atomic E-state index is -0.306. The minimum Gasteiger partial charge on any atom is -0.383 e. The standard InChI is InChI=1S/C55H55N3/c1-36(37-15-7-4-8-16-37)57-53(58-52(56)41-17-9-5-10-18-41)42-27-25-39(26-28-42)38-21-23-40(24-22-38)43-29-30-48-45(33-43)47-35-51-46(34-50(47)54(48,2)3)44-19-11-12-20-49(44)55(51)31-13-6-14-32-55/h4-5,7-12,15-30,33-34,36,46-47,51,53,57H,6,13-14,31-32,35H2,1-3H3,(H2,56,58). The molecule has 290 valence electrons. The first-order valence-corrected chi connectivity index (χ1v) is 21.7. The maximum atomic E-state index is 6.58. The number of hydrogen-bond acceptors (Lipinski definition) is 2.